The molecule has 1 saturated carbocycles. The van der Waals surface area contributed by atoms with Crippen molar-refractivity contribution >= 4 is 61.2 Å². The van der Waals surface area contributed by atoms with Gasteiger partial charge in [0.15, 0.2) is 0 Å². The maximum Gasteiger partial charge on any atom is 0.221 e. The highest BCUT2D eigenvalue weighted by molar-refractivity contribution is 9.10. The number of anilines is 1. The Morgan fingerprint density at radius 2 is 1.68 bits per heavy atom. The molecule has 1 aliphatic carbocycles. The van der Waals surface area contributed by atoms with Crippen LogP contribution in [0.4, 0.5) is 5.69 Å². The number of nitrogens with one attached hydrogen (secondary N) is 2. The van der Waals surface area contributed by atoms with E-state index in [1.54, 1.807) is 11.8 Å². The Kier molecular flexibility index (Phi) is 12.1. The number of hydrogen-bond donors (Lipinski definition) is 4. The first-order valence-corrected chi connectivity index (χ1v) is 14.2. The molecule has 2 aliphatic heterocycles. The van der Waals surface area contributed by atoms with E-state index in [4.69, 9.17) is 22.1 Å². The lowest BCUT2D eigenvalue weighted by molar-refractivity contribution is -0.109. The monoisotopic (exact) mass is 650 g/mol. The number of amides is 1. The summed E-state index contributed by atoms with van der Waals surface area (Å²) < 4.78 is 4.33. The minimum atomic E-state index is 0.0359. The zero-order valence-electron chi connectivity index (χ0n) is 20.5. The molecule has 198 valence electrons. The van der Waals surface area contributed by atoms with Gasteiger partial charge in [-0.05, 0) is 73.2 Å². The lowest BCUT2D eigenvalue weighted by atomic mass is 9.98. The van der Waals surface area contributed by atoms with Gasteiger partial charge < -0.3 is 10.4 Å². The standard InChI is InChI=1S/C10H8BrN3.C9H8BrNS.C6H12O.CH4N2O/c11-8-2-3-9-7(5-8)1-4-10-13-12-6-14(9)10;10-7-2-3-8-6(5-7)1-4-9(12)11-8;7-6-4-2-1-3-5-6;2-3-1-4/h2-3,5-6H,1,4H2;2-3,5H,1,4H2,(H,11,12);6-7H,1-5H2;1H,2H2,(H,3,4). The molecule has 11 heteroatoms. The number of aromatic nitrogens is 3. The molecule has 0 radical (unpaired) electrons. The van der Waals surface area contributed by atoms with Crippen molar-refractivity contribution < 1.29 is 9.90 Å². The van der Waals surface area contributed by atoms with Crippen molar-refractivity contribution in [2.45, 2.75) is 63.9 Å². The van der Waals surface area contributed by atoms with E-state index in [1.165, 1.54) is 36.1 Å². The summed E-state index contributed by atoms with van der Waals surface area (Å²) in [7, 11) is 0. The lowest BCUT2D eigenvalue weighted by Crippen LogP contribution is -2.18. The largest absolute Gasteiger partial charge is 0.393 e. The molecule has 37 heavy (non-hydrogen) atoms. The van der Waals surface area contributed by atoms with E-state index < -0.39 is 0 Å². The highest BCUT2D eigenvalue weighted by Crippen LogP contribution is 2.27. The number of hydrazine groups is 1. The number of aliphatic hydroxyl groups is 1. The van der Waals surface area contributed by atoms with Gasteiger partial charge in [-0.1, -0.05) is 63.3 Å². The molecule has 0 atom stereocenters. The number of nitrogens with two attached hydrogens (primary N) is 1. The van der Waals surface area contributed by atoms with E-state index in [9.17, 15) is 0 Å². The van der Waals surface area contributed by atoms with Gasteiger partial charge in [-0.25, -0.2) is 5.84 Å². The van der Waals surface area contributed by atoms with E-state index in [0.717, 1.165) is 64.0 Å². The smallest absolute Gasteiger partial charge is 0.221 e. The van der Waals surface area contributed by atoms with Crippen molar-refractivity contribution in [2.75, 3.05) is 5.32 Å². The molecule has 0 saturated heterocycles. The minimum Gasteiger partial charge on any atom is -0.393 e. The van der Waals surface area contributed by atoms with Crippen LogP contribution < -0.4 is 16.6 Å². The number of hydrogen-bond acceptors (Lipinski definition) is 6. The van der Waals surface area contributed by atoms with Crippen LogP contribution in [0.2, 0.25) is 0 Å². The van der Waals surface area contributed by atoms with Crippen LogP contribution in [0.3, 0.4) is 0 Å². The summed E-state index contributed by atoms with van der Waals surface area (Å²) in [5.41, 5.74) is 6.82. The van der Waals surface area contributed by atoms with Gasteiger partial charge in [0.2, 0.25) is 6.41 Å². The molecule has 5 N–H and O–H groups in total. The third kappa shape index (κ3) is 9.26. The van der Waals surface area contributed by atoms with Crippen LogP contribution in [-0.4, -0.2) is 37.4 Å². The van der Waals surface area contributed by atoms with Crippen LogP contribution in [0.5, 0.6) is 0 Å². The fourth-order valence-electron chi connectivity index (χ4n) is 4.30. The number of rotatable bonds is 1. The molecule has 0 bridgehead atoms. The van der Waals surface area contributed by atoms with Gasteiger partial charge in [-0.15, -0.1) is 10.2 Å². The predicted octanol–water partition coefficient (Wildman–Crippen LogP) is 5.18. The molecule has 1 amide bonds. The number of nitrogens with zero attached hydrogens (tertiary/aromatic N) is 3. The molecule has 2 aromatic carbocycles. The minimum absolute atomic E-state index is 0.0359. The Labute approximate surface area is 239 Å². The average molecular weight is 652 g/mol. The Morgan fingerprint density at radius 1 is 1.03 bits per heavy atom. The number of aliphatic hydroxyl groups excluding tert-OH is 1. The fraction of sp³-hybridized carbons (Fsp3) is 0.385. The van der Waals surface area contributed by atoms with Crippen LogP contribution in [-0.2, 0) is 24.1 Å². The topological polar surface area (TPSA) is 118 Å². The molecule has 1 aromatic heterocycles. The number of carbonyl (C=O) groups excluding carboxylic acids is 1. The summed E-state index contributed by atoms with van der Waals surface area (Å²) in [5, 5.41) is 20.1. The zero-order chi connectivity index (χ0) is 26.6. The van der Waals surface area contributed by atoms with Crippen LogP contribution >= 0.6 is 44.1 Å². The van der Waals surface area contributed by atoms with Crippen molar-refractivity contribution in [2.24, 2.45) is 5.84 Å². The highest BCUT2D eigenvalue weighted by atomic mass is 79.9. The number of aryl methyl sites for hydroxylation is 3. The van der Waals surface area contributed by atoms with E-state index in [1.807, 2.05) is 12.1 Å². The molecule has 1 fully saturated rings. The third-order valence-electron chi connectivity index (χ3n) is 6.14. The van der Waals surface area contributed by atoms with Crippen molar-refractivity contribution in [1.82, 2.24) is 20.2 Å². The second-order valence-corrected chi connectivity index (χ2v) is 11.1. The summed E-state index contributed by atoms with van der Waals surface area (Å²) in [5.74, 6) is 5.47. The second kappa shape index (κ2) is 15.3. The highest BCUT2D eigenvalue weighted by Gasteiger charge is 2.16. The summed E-state index contributed by atoms with van der Waals surface area (Å²) >= 11 is 12.0. The first-order valence-electron chi connectivity index (χ1n) is 12.2. The summed E-state index contributed by atoms with van der Waals surface area (Å²) in [6.07, 6.45) is 12.2. The molecule has 0 unspecified atom stereocenters. The summed E-state index contributed by atoms with van der Waals surface area (Å²) in [6, 6.07) is 12.5. The lowest BCUT2D eigenvalue weighted by Gasteiger charge is -2.18. The summed E-state index contributed by atoms with van der Waals surface area (Å²) in [6.45, 7) is 0. The van der Waals surface area contributed by atoms with Crippen molar-refractivity contribution in [3.05, 3.63) is 68.6 Å². The maximum atomic E-state index is 8.94. The molecule has 3 aliphatic rings. The van der Waals surface area contributed by atoms with E-state index >= 15 is 0 Å². The molecule has 3 aromatic rings. The van der Waals surface area contributed by atoms with E-state index in [-0.39, 0.29) is 6.10 Å². The molecular weight excluding hydrogens is 620 g/mol. The quantitative estimate of drug-likeness (QED) is 0.0942. The van der Waals surface area contributed by atoms with E-state index in [0.29, 0.717) is 6.41 Å². The Bertz CT molecular complexity index is 1180. The van der Waals surface area contributed by atoms with Gasteiger partial charge in [0.05, 0.1) is 16.8 Å². The zero-order valence-corrected chi connectivity index (χ0v) is 24.5. The Balaban J connectivity index is 0.000000150. The van der Waals surface area contributed by atoms with Crippen molar-refractivity contribution in [1.29, 1.82) is 0 Å². The molecule has 0 spiro atoms. The van der Waals surface area contributed by atoms with E-state index in [2.05, 4.69) is 82.0 Å². The van der Waals surface area contributed by atoms with Crippen LogP contribution in [0.1, 0.15) is 55.5 Å². The first kappa shape index (κ1) is 29.4. The maximum absolute atomic E-state index is 8.94. The third-order valence-corrected chi connectivity index (χ3v) is 7.44. The number of carbonyl (C=O) groups is 1. The second-order valence-electron chi connectivity index (χ2n) is 8.82. The van der Waals surface area contributed by atoms with Crippen molar-refractivity contribution in [3.63, 3.8) is 0 Å². The normalized spacial score (nSPS) is 15.4. The Hall–Kier alpha value is -2.18. The number of fused-ring (bicyclic) bond motifs is 4. The number of benzene rings is 2. The first-order chi connectivity index (χ1) is 17.9. The van der Waals surface area contributed by atoms with Crippen LogP contribution in [0.25, 0.3) is 5.69 Å². The molecule has 8 nitrogen and oxygen atoms in total. The summed E-state index contributed by atoms with van der Waals surface area (Å²) in [4.78, 5) is 9.89. The molecule has 3 heterocycles. The van der Waals surface area contributed by atoms with Gasteiger partial charge in [0.25, 0.3) is 0 Å². The van der Waals surface area contributed by atoms with Crippen LogP contribution in [0.15, 0.2) is 51.7 Å². The Morgan fingerprint density at radius 3 is 2.32 bits per heavy atom. The van der Waals surface area contributed by atoms with Gasteiger partial charge >= 0.3 is 0 Å². The number of halogens is 2. The van der Waals surface area contributed by atoms with Gasteiger partial charge in [0.1, 0.15) is 12.2 Å². The fourth-order valence-corrected chi connectivity index (χ4v) is 5.33. The average Bonchev–Trinajstić information content (AvgIpc) is 3.39. The van der Waals surface area contributed by atoms with Crippen LogP contribution in [0, 0.1) is 0 Å². The predicted molar refractivity (Wildman–Crippen MR) is 158 cm³/mol. The SMILES string of the molecule is Brc1ccc2c(c1)CCc1nncn1-2.NNC=O.OC1CCCCC1.S=C1CCc2cc(Br)ccc2N1. The molecule has 6 rings (SSSR count). The van der Waals surface area contributed by atoms with Gasteiger partial charge in [0, 0.05) is 27.5 Å². The van der Waals surface area contributed by atoms with Gasteiger partial charge in [-0.3, -0.25) is 14.8 Å². The van der Waals surface area contributed by atoms with Gasteiger partial charge in [-0.2, -0.15) is 0 Å². The molecular formula is C26H32Br2N6O2S. The number of thiocarbonyl (C=S) groups is 1. The van der Waals surface area contributed by atoms with Crippen molar-refractivity contribution in [3.8, 4) is 5.69 Å².